The second-order valence-corrected chi connectivity index (χ2v) is 6.69. The Hall–Kier alpha value is -1.69. The van der Waals surface area contributed by atoms with Crippen molar-refractivity contribution in [3.63, 3.8) is 0 Å². The summed E-state index contributed by atoms with van der Waals surface area (Å²) in [5, 5.41) is 9.29. The van der Waals surface area contributed by atoms with E-state index in [1.165, 1.54) is 0 Å². The summed E-state index contributed by atoms with van der Waals surface area (Å²) in [6.45, 7) is 4.50. The Kier molecular flexibility index (Phi) is 4.23. The van der Waals surface area contributed by atoms with Gasteiger partial charge in [-0.25, -0.2) is 9.78 Å². The summed E-state index contributed by atoms with van der Waals surface area (Å²) in [7, 11) is -0.852. The smallest absolute Gasteiger partial charge is 0.337 e. The molecule has 1 heterocycles. The van der Waals surface area contributed by atoms with E-state index < -0.39 is 16.8 Å². The third kappa shape index (κ3) is 2.75. The van der Waals surface area contributed by atoms with Gasteiger partial charge in [0, 0.05) is 28.9 Å². The van der Waals surface area contributed by atoms with Gasteiger partial charge < -0.3 is 9.67 Å². The van der Waals surface area contributed by atoms with Gasteiger partial charge in [0.15, 0.2) is 0 Å². The van der Waals surface area contributed by atoms with Crippen LogP contribution in [0, 0.1) is 6.92 Å². The predicted octanol–water partition coefficient (Wildman–Crippen LogP) is 2.20. The molecule has 5 nitrogen and oxygen atoms in total. The van der Waals surface area contributed by atoms with E-state index >= 15 is 0 Å². The first-order valence-corrected chi connectivity index (χ1v) is 8.05. The van der Waals surface area contributed by atoms with E-state index in [2.05, 4.69) is 4.98 Å². The summed E-state index contributed by atoms with van der Waals surface area (Å²) >= 11 is 0. The van der Waals surface area contributed by atoms with Gasteiger partial charge in [-0.15, -0.1) is 0 Å². The van der Waals surface area contributed by atoms with Crippen molar-refractivity contribution in [3.8, 4) is 0 Å². The minimum Gasteiger partial charge on any atom is -0.478 e. The first-order valence-electron chi connectivity index (χ1n) is 6.43. The number of benzene rings is 1. The highest BCUT2D eigenvalue weighted by atomic mass is 32.2. The maximum Gasteiger partial charge on any atom is 0.337 e. The topological polar surface area (TPSA) is 72.2 Å². The molecule has 2 rings (SSSR count). The van der Waals surface area contributed by atoms with E-state index in [0.29, 0.717) is 12.1 Å². The number of aryl methyl sites for hydroxylation is 2. The maximum absolute atomic E-state index is 11.4. The fourth-order valence-corrected chi connectivity index (χ4v) is 2.63. The van der Waals surface area contributed by atoms with Crippen molar-refractivity contribution in [1.29, 1.82) is 0 Å². The van der Waals surface area contributed by atoms with E-state index in [1.807, 2.05) is 24.5 Å². The summed E-state index contributed by atoms with van der Waals surface area (Å²) in [6.07, 6.45) is 2.47. The molecule has 1 aromatic carbocycles. The van der Waals surface area contributed by atoms with Crippen LogP contribution in [0.15, 0.2) is 18.2 Å². The Bertz CT molecular complexity index is 678. The van der Waals surface area contributed by atoms with Gasteiger partial charge in [0.2, 0.25) is 0 Å². The van der Waals surface area contributed by atoms with Gasteiger partial charge in [0.25, 0.3) is 0 Å². The lowest BCUT2D eigenvalue weighted by Gasteiger charge is -2.11. The van der Waals surface area contributed by atoms with Crippen LogP contribution in [-0.2, 0) is 17.3 Å². The average Bonchev–Trinajstić information content (AvgIpc) is 2.70. The normalized spacial score (nSPS) is 14.3. The molecule has 2 unspecified atom stereocenters. The molecule has 6 heteroatoms. The lowest BCUT2D eigenvalue weighted by Crippen LogP contribution is -2.13. The Morgan fingerprint density at radius 3 is 2.80 bits per heavy atom. The van der Waals surface area contributed by atoms with Crippen molar-refractivity contribution in [1.82, 2.24) is 9.55 Å². The van der Waals surface area contributed by atoms with Gasteiger partial charge in [-0.05, 0) is 25.5 Å². The molecule has 1 aromatic heterocycles. The van der Waals surface area contributed by atoms with Crippen LogP contribution >= 0.6 is 0 Å². The van der Waals surface area contributed by atoms with Crippen LogP contribution in [-0.4, -0.2) is 36.3 Å². The van der Waals surface area contributed by atoms with E-state index in [1.54, 1.807) is 18.4 Å². The predicted molar refractivity (Wildman–Crippen MR) is 79.6 cm³/mol. The van der Waals surface area contributed by atoms with Crippen LogP contribution in [0.1, 0.15) is 29.5 Å². The zero-order chi connectivity index (χ0) is 14.9. The molecule has 0 aliphatic rings. The van der Waals surface area contributed by atoms with Gasteiger partial charge in [0.1, 0.15) is 11.3 Å². The molecular weight excluding hydrogens is 276 g/mol. The zero-order valence-electron chi connectivity index (χ0n) is 11.8. The summed E-state index contributed by atoms with van der Waals surface area (Å²) in [4.78, 5) is 15.6. The van der Waals surface area contributed by atoms with Gasteiger partial charge in [0.05, 0.1) is 11.1 Å². The van der Waals surface area contributed by atoms with Gasteiger partial charge >= 0.3 is 5.97 Å². The molecule has 20 heavy (non-hydrogen) atoms. The van der Waals surface area contributed by atoms with Crippen LogP contribution < -0.4 is 0 Å². The zero-order valence-corrected chi connectivity index (χ0v) is 12.6. The monoisotopic (exact) mass is 294 g/mol. The molecule has 108 valence electrons. The Labute approximate surface area is 120 Å². The van der Waals surface area contributed by atoms with Gasteiger partial charge in [-0.3, -0.25) is 4.21 Å². The number of carboxylic acid groups (broad SMARTS) is 1. The largest absolute Gasteiger partial charge is 0.478 e. The molecule has 0 amide bonds. The minimum atomic E-state index is -0.969. The minimum absolute atomic E-state index is 0.106. The third-order valence-electron chi connectivity index (χ3n) is 3.53. The lowest BCUT2D eigenvalue weighted by molar-refractivity contribution is 0.0699. The van der Waals surface area contributed by atoms with Gasteiger partial charge in [-0.1, -0.05) is 13.0 Å². The number of fused-ring (bicyclic) bond motifs is 1. The van der Waals surface area contributed by atoms with Crippen molar-refractivity contribution >= 4 is 27.8 Å². The SMILES string of the molecule is Cc1nc2c(C(=O)O)cccc2n1CCC(C)S(C)=O. The molecular formula is C14H18N2O3S. The fraction of sp³-hybridized carbons (Fsp3) is 0.429. The Balaban J connectivity index is 2.39. The second kappa shape index (κ2) is 5.75. The molecule has 2 atom stereocenters. The number of hydrogen-bond donors (Lipinski definition) is 1. The highest BCUT2D eigenvalue weighted by Crippen LogP contribution is 2.21. The van der Waals surface area contributed by atoms with E-state index in [9.17, 15) is 14.1 Å². The number of hydrogen-bond acceptors (Lipinski definition) is 3. The maximum atomic E-state index is 11.4. The molecule has 0 fully saturated rings. The van der Waals surface area contributed by atoms with Crippen LogP contribution in [0.25, 0.3) is 11.0 Å². The molecule has 2 aromatic rings. The first-order chi connectivity index (χ1) is 9.41. The molecule has 0 aliphatic carbocycles. The molecule has 0 aliphatic heterocycles. The Morgan fingerprint density at radius 1 is 1.50 bits per heavy atom. The molecule has 0 spiro atoms. The quantitative estimate of drug-likeness (QED) is 0.917. The van der Waals surface area contributed by atoms with Crippen molar-refractivity contribution in [2.75, 3.05) is 6.26 Å². The van der Waals surface area contributed by atoms with Gasteiger partial charge in [-0.2, -0.15) is 0 Å². The number of aromatic carboxylic acids is 1. The van der Waals surface area contributed by atoms with E-state index in [4.69, 9.17) is 0 Å². The summed E-state index contributed by atoms with van der Waals surface area (Å²) < 4.78 is 13.4. The molecule has 0 radical (unpaired) electrons. The van der Waals surface area contributed by atoms with Crippen molar-refractivity contribution in [2.45, 2.75) is 32.1 Å². The van der Waals surface area contributed by atoms with Crippen LogP contribution in [0.5, 0.6) is 0 Å². The number of aromatic nitrogens is 2. The Morgan fingerprint density at radius 2 is 2.20 bits per heavy atom. The van der Waals surface area contributed by atoms with E-state index in [-0.39, 0.29) is 10.8 Å². The number of imidazole rings is 1. The van der Waals surface area contributed by atoms with Crippen LogP contribution in [0.3, 0.4) is 0 Å². The summed E-state index contributed by atoms with van der Waals surface area (Å²) in [5.41, 5.74) is 1.55. The van der Waals surface area contributed by atoms with E-state index in [0.717, 1.165) is 17.8 Å². The summed E-state index contributed by atoms with van der Waals surface area (Å²) in [6, 6.07) is 5.16. The van der Waals surface area contributed by atoms with Crippen LogP contribution in [0.4, 0.5) is 0 Å². The number of carbonyl (C=O) groups is 1. The number of carboxylic acids is 1. The molecule has 0 saturated heterocycles. The van der Waals surface area contributed by atoms with Crippen molar-refractivity contribution < 1.29 is 14.1 Å². The molecule has 1 N–H and O–H groups in total. The number of rotatable bonds is 5. The molecule has 0 saturated carbocycles. The molecule has 0 bridgehead atoms. The highest BCUT2D eigenvalue weighted by molar-refractivity contribution is 7.84. The fourth-order valence-electron chi connectivity index (χ4n) is 2.19. The average molecular weight is 294 g/mol. The standard InChI is InChI=1S/C14H18N2O3S/c1-9(20(3)19)7-8-16-10(2)15-13-11(14(17)18)5-4-6-12(13)16/h4-6,9H,7-8H2,1-3H3,(H,17,18). The number of nitrogens with zero attached hydrogens (tertiary/aromatic N) is 2. The summed E-state index contributed by atoms with van der Waals surface area (Å²) in [5.74, 6) is -0.189. The van der Waals surface area contributed by atoms with Crippen molar-refractivity contribution in [2.24, 2.45) is 0 Å². The third-order valence-corrected chi connectivity index (χ3v) is 4.90. The number of para-hydroxylation sites is 1. The lowest BCUT2D eigenvalue weighted by atomic mass is 10.2. The van der Waals surface area contributed by atoms with Crippen LogP contribution in [0.2, 0.25) is 0 Å². The first kappa shape index (κ1) is 14.7. The second-order valence-electron chi connectivity index (χ2n) is 4.89. The highest BCUT2D eigenvalue weighted by Gasteiger charge is 2.15. The van der Waals surface area contributed by atoms with Crippen molar-refractivity contribution in [3.05, 3.63) is 29.6 Å².